The Morgan fingerprint density at radius 3 is 2.68 bits per heavy atom. The molecular weight excluding hydrogens is 246 g/mol. The van der Waals surface area contributed by atoms with Crippen molar-refractivity contribution in [3.8, 4) is 0 Å². The standard InChI is InChI=1S/C15H18F2N2/c1-3-6-11-9-12(15(2,16)17)10-19-14(11)13-7-4-5-8-18-13/h7-10H,3-6H2,1-2H3. The number of alkyl halides is 2. The van der Waals surface area contributed by atoms with Crippen LogP contribution in [0.5, 0.6) is 0 Å². The Balaban J connectivity index is 2.43. The lowest BCUT2D eigenvalue weighted by molar-refractivity contribution is 0.0170. The summed E-state index contributed by atoms with van der Waals surface area (Å²) in [5.74, 6) is -2.85. The van der Waals surface area contributed by atoms with Crippen molar-refractivity contribution in [2.24, 2.45) is 4.99 Å². The highest BCUT2D eigenvalue weighted by molar-refractivity contribution is 5.76. The van der Waals surface area contributed by atoms with Crippen molar-refractivity contribution in [2.45, 2.75) is 45.5 Å². The lowest BCUT2D eigenvalue weighted by atomic mass is 10.0. The predicted octanol–water partition coefficient (Wildman–Crippen LogP) is 4.35. The second-order valence-corrected chi connectivity index (χ2v) is 4.85. The molecule has 1 aromatic rings. The van der Waals surface area contributed by atoms with Crippen LogP contribution < -0.4 is 0 Å². The van der Waals surface area contributed by atoms with E-state index in [2.05, 4.69) is 9.98 Å². The molecule has 1 aliphatic heterocycles. The maximum Gasteiger partial charge on any atom is 0.272 e. The minimum atomic E-state index is -2.85. The smallest absolute Gasteiger partial charge is 0.259 e. The second kappa shape index (κ2) is 5.59. The summed E-state index contributed by atoms with van der Waals surface area (Å²) >= 11 is 0. The number of pyridine rings is 1. The Hall–Kier alpha value is -1.58. The first kappa shape index (κ1) is 13.8. The molecule has 4 heteroatoms. The van der Waals surface area contributed by atoms with Crippen molar-refractivity contribution >= 4 is 11.9 Å². The number of aromatic nitrogens is 1. The zero-order valence-electron chi connectivity index (χ0n) is 11.3. The fourth-order valence-corrected chi connectivity index (χ4v) is 2.11. The molecule has 19 heavy (non-hydrogen) atoms. The number of allylic oxidation sites excluding steroid dienone is 1. The first-order valence-corrected chi connectivity index (χ1v) is 6.62. The first-order chi connectivity index (χ1) is 9.02. The van der Waals surface area contributed by atoms with Gasteiger partial charge in [0.1, 0.15) is 0 Å². The number of hydrogen-bond acceptors (Lipinski definition) is 2. The van der Waals surface area contributed by atoms with Crippen LogP contribution in [0, 0.1) is 0 Å². The van der Waals surface area contributed by atoms with E-state index in [0.29, 0.717) is 0 Å². The van der Waals surface area contributed by atoms with Crippen molar-refractivity contribution in [1.29, 1.82) is 0 Å². The van der Waals surface area contributed by atoms with Crippen molar-refractivity contribution < 1.29 is 8.78 Å². The van der Waals surface area contributed by atoms with Gasteiger partial charge in [-0.1, -0.05) is 19.4 Å². The fourth-order valence-electron chi connectivity index (χ4n) is 2.11. The molecule has 1 aromatic heterocycles. The molecule has 2 heterocycles. The van der Waals surface area contributed by atoms with Crippen LogP contribution in [-0.2, 0) is 12.3 Å². The topological polar surface area (TPSA) is 25.2 Å². The number of aryl methyl sites for hydroxylation is 1. The molecule has 0 atom stereocenters. The number of aliphatic imine (C=N–C) groups is 1. The second-order valence-electron chi connectivity index (χ2n) is 4.85. The maximum atomic E-state index is 13.4. The van der Waals surface area contributed by atoms with E-state index in [0.717, 1.165) is 49.6 Å². The van der Waals surface area contributed by atoms with Gasteiger partial charge in [0, 0.05) is 24.9 Å². The molecular formula is C15H18F2N2. The van der Waals surface area contributed by atoms with Gasteiger partial charge in [-0.15, -0.1) is 0 Å². The molecule has 0 N–H and O–H groups in total. The summed E-state index contributed by atoms with van der Waals surface area (Å²) < 4.78 is 26.7. The molecule has 102 valence electrons. The third-order valence-electron chi connectivity index (χ3n) is 3.10. The van der Waals surface area contributed by atoms with Gasteiger partial charge in [-0.25, -0.2) is 8.78 Å². The Kier molecular flexibility index (Phi) is 4.08. The lowest BCUT2D eigenvalue weighted by Gasteiger charge is -2.15. The van der Waals surface area contributed by atoms with E-state index >= 15 is 0 Å². The molecule has 0 saturated carbocycles. The summed E-state index contributed by atoms with van der Waals surface area (Å²) in [6, 6.07) is 1.57. The summed E-state index contributed by atoms with van der Waals surface area (Å²) in [6.45, 7) is 2.93. The molecule has 0 spiro atoms. The van der Waals surface area contributed by atoms with E-state index in [9.17, 15) is 8.78 Å². The molecule has 1 aliphatic rings. The Morgan fingerprint density at radius 2 is 2.11 bits per heavy atom. The molecule has 0 radical (unpaired) electrons. The highest BCUT2D eigenvalue weighted by Crippen LogP contribution is 2.30. The summed E-state index contributed by atoms with van der Waals surface area (Å²) in [6.07, 6.45) is 8.62. The van der Waals surface area contributed by atoms with Crippen molar-refractivity contribution in [1.82, 2.24) is 4.98 Å². The normalized spacial score (nSPS) is 15.5. The van der Waals surface area contributed by atoms with Gasteiger partial charge in [-0.2, -0.15) is 0 Å². The molecule has 2 rings (SSSR count). The molecule has 2 nitrogen and oxygen atoms in total. The molecule has 0 bridgehead atoms. The summed E-state index contributed by atoms with van der Waals surface area (Å²) in [4.78, 5) is 8.55. The average Bonchev–Trinajstić information content (AvgIpc) is 2.39. The predicted molar refractivity (Wildman–Crippen MR) is 73.5 cm³/mol. The highest BCUT2D eigenvalue weighted by atomic mass is 19.3. The van der Waals surface area contributed by atoms with Crippen LogP contribution in [0.1, 0.15) is 49.9 Å². The van der Waals surface area contributed by atoms with Gasteiger partial charge in [-0.3, -0.25) is 9.98 Å². The van der Waals surface area contributed by atoms with Crippen LogP contribution in [0.25, 0.3) is 5.70 Å². The summed E-state index contributed by atoms with van der Waals surface area (Å²) in [5, 5.41) is 0. The quantitative estimate of drug-likeness (QED) is 0.793. The zero-order valence-corrected chi connectivity index (χ0v) is 11.3. The number of halogens is 2. The van der Waals surface area contributed by atoms with E-state index in [1.807, 2.05) is 19.2 Å². The van der Waals surface area contributed by atoms with Crippen LogP contribution in [0.3, 0.4) is 0 Å². The largest absolute Gasteiger partial charge is 0.272 e. The molecule has 0 fully saturated rings. The molecule has 0 amide bonds. The summed E-state index contributed by atoms with van der Waals surface area (Å²) in [7, 11) is 0. The molecule has 0 unspecified atom stereocenters. The van der Waals surface area contributed by atoms with Gasteiger partial charge in [0.15, 0.2) is 0 Å². The monoisotopic (exact) mass is 264 g/mol. The van der Waals surface area contributed by atoms with Crippen LogP contribution in [0.2, 0.25) is 0 Å². The number of rotatable bonds is 4. The Morgan fingerprint density at radius 1 is 1.32 bits per heavy atom. The van der Waals surface area contributed by atoms with Gasteiger partial charge in [0.2, 0.25) is 0 Å². The SMILES string of the molecule is CCCc1cc(C(C)(F)F)cnc1C1=CCCC=N1. The van der Waals surface area contributed by atoms with E-state index < -0.39 is 5.92 Å². The third kappa shape index (κ3) is 3.25. The van der Waals surface area contributed by atoms with Crippen LogP contribution in [-0.4, -0.2) is 11.2 Å². The minimum Gasteiger partial charge on any atom is -0.259 e. The van der Waals surface area contributed by atoms with E-state index in [-0.39, 0.29) is 5.56 Å². The zero-order chi connectivity index (χ0) is 13.9. The Labute approximate surface area is 112 Å². The van der Waals surface area contributed by atoms with Crippen LogP contribution in [0.4, 0.5) is 8.78 Å². The fraction of sp³-hybridized carbons (Fsp3) is 0.467. The summed E-state index contributed by atoms with van der Waals surface area (Å²) in [5.41, 5.74) is 2.37. The minimum absolute atomic E-state index is 0.0277. The number of nitrogens with zero attached hydrogens (tertiary/aromatic N) is 2. The van der Waals surface area contributed by atoms with Crippen molar-refractivity contribution in [3.63, 3.8) is 0 Å². The van der Waals surface area contributed by atoms with Crippen molar-refractivity contribution in [2.75, 3.05) is 0 Å². The van der Waals surface area contributed by atoms with E-state index in [1.165, 1.54) is 6.20 Å². The van der Waals surface area contributed by atoms with E-state index in [4.69, 9.17) is 0 Å². The highest BCUT2D eigenvalue weighted by Gasteiger charge is 2.26. The van der Waals surface area contributed by atoms with E-state index in [1.54, 1.807) is 6.07 Å². The van der Waals surface area contributed by atoms with Crippen molar-refractivity contribution in [3.05, 3.63) is 35.2 Å². The van der Waals surface area contributed by atoms with Crippen LogP contribution >= 0.6 is 0 Å². The first-order valence-electron chi connectivity index (χ1n) is 6.62. The molecule has 0 aliphatic carbocycles. The van der Waals surface area contributed by atoms with Gasteiger partial charge >= 0.3 is 0 Å². The van der Waals surface area contributed by atoms with Gasteiger partial charge in [0.25, 0.3) is 5.92 Å². The lowest BCUT2D eigenvalue weighted by Crippen LogP contribution is -2.10. The number of hydrogen-bond donors (Lipinski definition) is 0. The average molecular weight is 264 g/mol. The van der Waals surface area contributed by atoms with Gasteiger partial charge in [-0.05, 0) is 30.9 Å². The maximum absolute atomic E-state index is 13.4. The van der Waals surface area contributed by atoms with Gasteiger partial charge in [0.05, 0.1) is 11.4 Å². The molecule has 0 aromatic carbocycles. The van der Waals surface area contributed by atoms with Crippen LogP contribution in [0.15, 0.2) is 23.3 Å². The Bertz CT molecular complexity index is 513. The third-order valence-corrected chi connectivity index (χ3v) is 3.10. The molecule has 0 saturated heterocycles. The van der Waals surface area contributed by atoms with Gasteiger partial charge < -0.3 is 0 Å².